The molecule has 0 heterocycles. The van der Waals surface area contributed by atoms with Crippen LogP contribution in [0.4, 0.5) is 0 Å². The molecule has 0 atom stereocenters. The lowest BCUT2D eigenvalue weighted by Gasteiger charge is -2.09. The topological polar surface area (TPSA) is 55.8 Å². The van der Waals surface area contributed by atoms with E-state index in [9.17, 15) is 4.79 Å². The van der Waals surface area contributed by atoms with Gasteiger partial charge in [-0.15, -0.1) is 0 Å². The molecule has 0 amide bonds. The molecule has 0 aliphatic carbocycles. The van der Waals surface area contributed by atoms with Crippen molar-refractivity contribution in [3.8, 4) is 5.75 Å². The molecule has 2 aromatic carbocycles. The number of carbonyl (C=O) groups is 1. The minimum Gasteiger partial charge on any atom is -0.493 e. The molecule has 22 heavy (non-hydrogen) atoms. The Labute approximate surface area is 134 Å². The van der Waals surface area contributed by atoms with E-state index in [1.807, 2.05) is 30.3 Å². The van der Waals surface area contributed by atoms with E-state index in [0.717, 1.165) is 5.56 Å². The monoisotopic (exact) mass is 320 g/mol. The van der Waals surface area contributed by atoms with E-state index in [0.29, 0.717) is 29.4 Å². The van der Waals surface area contributed by atoms with Gasteiger partial charge in [-0.2, -0.15) is 0 Å². The van der Waals surface area contributed by atoms with Crippen LogP contribution >= 0.6 is 11.6 Å². The maximum Gasteiger partial charge on any atom is 0.338 e. The zero-order valence-electron chi connectivity index (χ0n) is 12.0. The van der Waals surface area contributed by atoms with Crippen LogP contribution in [0.15, 0.2) is 48.5 Å². The van der Waals surface area contributed by atoms with E-state index in [-0.39, 0.29) is 13.2 Å². The van der Waals surface area contributed by atoms with E-state index in [2.05, 4.69) is 0 Å². The normalized spacial score (nSPS) is 10.3. The first kappa shape index (κ1) is 16.3. The Morgan fingerprint density at radius 1 is 1.14 bits per heavy atom. The van der Waals surface area contributed by atoms with E-state index >= 15 is 0 Å². The van der Waals surface area contributed by atoms with Crippen molar-refractivity contribution in [3.05, 3.63) is 64.7 Å². The largest absolute Gasteiger partial charge is 0.493 e. The van der Waals surface area contributed by atoms with Crippen molar-refractivity contribution in [1.82, 2.24) is 0 Å². The molecule has 1 N–H and O–H groups in total. The Bertz CT molecular complexity index is 613. The molecule has 0 unspecified atom stereocenters. The molecule has 4 nitrogen and oxygen atoms in total. The highest BCUT2D eigenvalue weighted by atomic mass is 35.5. The van der Waals surface area contributed by atoms with Crippen LogP contribution in [0, 0.1) is 0 Å². The van der Waals surface area contributed by atoms with Crippen LogP contribution in [0.1, 0.15) is 22.3 Å². The number of hydrogen-bond donors (Lipinski definition) is 1. The molecule has 5 heteroatoms. The van der Waals surface area contributed by atoms with Crippen molar-refractivity contribution in [3.63, 3.8) is 0 Å². The van der Waals surface area contributed by atoms with Crippen LogP contribution in [0.2, 0.25) is 5.02 Å². The van der Waals surface area contributed by atoms with Gasteiger partial charge in [0, 0.05) is 18.1 Å². The van der Waals surface area contributed by atoms with Gasteiger partial charge in [-0.1, -0.05) is 41.9 Å². The molecule has 0 aliphatic heterocycles. The Morgan fingerprint density at radius 2 is 1.91 bits per heavy atom. The van der Waals surface area contributed by atoms with Gasteiger partial charge in [0.05, 0.1) is 12.2 Å². The van der Waals surface area contributed by atoms with E-state index in [4.69, 9.17) is 26.2 Å². The van der Waals surface area contributed by atoms with Crippen LogP contribution in [0.25, 0.3) is 0 Å². The third-order valence-corrected chi connectivity index (χ3v) is 3.11. The molecule has 0 saturated carbocycles. The quantitative estimate of drug-likeness (QED) is 0.627. The lowest BCUT2D eigenvalue weighted by atomic mass is 10.2. The van der Waals surface area contributed by atoms with Gasteiger partial charge < -0.3 is 14.6 Å². The zero-order chi connectivity index (χ0) is 15.8. The SMILES string of the molecule is O=C(OCc1ccccc1)c1cc(Cl)cc(OCCCO)c1. The summed E-state index contributed by atoms with van der Waals surface area (Å²) in [6, 6.07) is 14.2. The van der Waals surface area contributed by atoms with E-state index < -0.39 is 5.97 Å². The first-order valence-electron chi connectivity index (χ1n) is 6.94. The molecule has 2 rings (SSSR count). The number of rotatable bonds is 7. The second-order valence-corrected chi connectivity index (χ2v) is 5.10. The van der Waals surface area contributed by atoms with Crippen molar-refractivity contribution in [1.29, 1.82) is 0 Å². The summed E-state index contributed by atoms with van der Waals surface area (Å²) in [5.74, 6) is 0.0194. The van der Waals surface area contributed by atoms with Gasteiger partial charge >= 0.3 is 5.97 Å². The number of hydrogen-bond acceptors (Lipinski definition) is 4. The molecule has 0 bridgehead atoms. The molecule has 0 fully saturated rings. The summed E-state index contributed by atoms with van der Waals surface area (Å²) in [6.45, 7) is 0.606. The van der Waals surface area contributed by atoms with Gasteiger partial charge in [-0.3, -0.25) is 0 Å². The van der Waals surface area contributed by atoms with Crippen molar-refractivity contribution in [2.45, 2.75) is 13.0 Å². The standard InChI is InChI=1S/C17H17ClO4/c18-15-9-14(10-16(11-15)21-8-4-7-19)17(20)22-12-13-5-2-1-3-6-13/h1-3,5-6,9-11,19H,4,7-8,12H2. The summed E-state index contributed by atoms with van der Waals surface area (Å²) in [4.78, 5) is 12.1. The van der Waals surface area contributed by atoms with E-state index in [1.54, 1.807) is 12.1 Å². The van der Waals surface area contributed by atoms with Crippen LogP contribution in [-0.4, -0.2) is 24.3 Å². The van der Waals surface area contributed by atoms with Gasteiger partial charge in [0.15, 0.2) is 0 Å². The van der Waals surface area contributed by atoms with Gasteiger partial charge in [0.1, 0.15) is 12.4 Å². The molecule has 0 aliphatic rings. The second kappa shape index (κ2) is 8.41. The first-order valence-corrected chi connectivity index (χ1v) is 7.32. The highest BCUT2D eigenvalue weighted by Crippen LogP contribution is 2.22. The van der Waals surface area contributed by atoms with Crippen LogP contribution in [0.5, 0.6) is 5.75 Å². The number of esters is 1. The van der Waals surface area contributed by atoms with Crippen molar-refractivity contribution in [2.24, 2.45) is 0 Å². The smallest absolute Gasteiger partial charge is 0.338 e. The van der Waals surface area contributed by atoms with Crippen LogP contribution in [-0.2, 0) is 11.3 Å². The maximum absolute atomic E-state index is 12.1. The number of carbonyl (C=O) groups excluding carboxylic acids is 1. The minimum atomic E-state index is -0.460. The van der Waals surface area contributed by atoms with E-state index in [1.165, 1.54) is 6.07 Å². The van der Waals surface area contributed by atoms with Crippen molar-refractivity contribution < 1.29 is 19.4 Å². The van der Waals surface area contributed by atoms with Crippen molar-refractivity contribution in [2.75, 3.05) is 13.2 Å². The number of halogens is 1. The summed E-state index contributed by atoms with van der Waals surface area (Å²) >= 11 is 5.99. The number of ether oxygens (including phenoxy) is 2. The number of aliphatic hydroxyl groups is 1. The molecule has 0 spiro atoms. The fourth-order valence-corrected chi connectivity index (χ4v) is 2.05. The third-order valence-electron chi connectivity index (χ3n) is 2.89. The number of benzene rings is 2. The summed E-state index contributed by atoms with van der Waals surface area (Å²) in [7, 11) is 0. The molecule has 116 valence electrons. The van der Waals surface area contributed by atoms with Crippen LogP contribution < -0.4 is 4.74 Å². The predicted octanol–water partition coefficient (Wildman–Crippen LogP) is 3.46. The summed E-state index contributed by atoms with van der Waals surface area (Å²) < 4.78 is 10.7. The third kappa shape index (κ3) is 5.06. The molecule has 0 saturated heterocycles. The van der Waals surface area contributed by atoms with Gasteiger partial charge in [0.2, 0.25) is 0 Å². The predicted molar refractivity (Wildman–Crippen MR) is 84.2 cm³/mol. The maximum atomic E-state index is 12.1. The highest BCUT2D eigenvalue weighted by molar-refractivity contribution is 6.31. The molecule has 2 aromatic rings. The van der Waals surface area contributed by atoms with Gasteiger partial charge in [0.25, 0.3) is 0 Å². The molecule has 0 aromatic heterocycles. The number of aliphatic hydroxyl groups excluding tert-OH is 1. The van der Waals surface area contributed by atoms with Crippen LogP contribution in [0.3, 0.4) is 0 Å². The van der Waals surface area contributed by atoms with Crippen molar-refractivity contribution >= 4 is 17.6 Å². The Morgan fingerprint density at radius 3 is 2.64 bits per heavy atom. The summed E-state index contributed by atoms with van der Waals surface area (Å²) in [6.07, 6.45) is 0.514. The lowest BCUT2D eigenvalue weighted by molar-refractivity contribution is 0.0472. The second-order valence-electron chi connectivity index (χ2n) is 4.66. The first-order chi connectivity index (χ1) is 10.7. The average molecular weight is 321 g/mol. The fourth-order valence-electron chi connectivity index (χ4n) is 1.82. The average Bonchev–Trinajstić information content (AvgIpc) is 2.53. The summed E-state index contributed by atoms with van der Waals surface area (Å²) in [5, 5.41) is 9.14. The van der Waals surface area contributed by atoms with Gasteiger partial charge in [-0.05, 0) is 23.8 Å². The Balaban J connectivity index is 1.99. The molecular formula is C17H17ClO4. The minimum absolute atomic E-state index is 0.0482. The fraction of sp³-hybridized carbons (Fsp3) is 0.235. The molecule has 0 radical (unpaired) electrons. The zero-order valence-corrected chi connectivity index (χ0v) is 12.8. The molecular weight excluding hydrogens is 304 g/mol. The van der Waals surface area contributed by atoms with Gasteiger partial charge in [-0.25, -0.2) is 4.79 Å². The Kier molecular flexibility index (Phi) is 6.25. The lowest BCUT2D eigenvalue weighted by Crippen LogP contribution is -2.06. The summed E-state index contributed by atoms with van der Waals surface area (Å²) in [5.41, 5.74) is 1.25. The highest BCUT2D eigenvalue weighted by Gasteiger charge is 2.11. The Hall–Kier alpha value is -2.04.